The van der Waals surface area contributed by atoms with E-state index in [1.807, 2.05) is 26.8 Å². The van der Waals surface area contributed by atoms with Crippen molar-refractivity contribution in [3.05, 3.63) is 29.6 Å². The van der Waals surface area contributed by atoms with Crippen molar-refractivity contribution in [2.75, 3.05) is 6.54 Å². The highest BCUT2D eigenvalue weighted by Gasteiger charge is 2.35. The second-order valence-corrected chi connectivity index (χ2v) is 5.43. The average Bonchev–Trinajstić information content (AvgIpc) is 2.44. The predicted octanol–water partition coefficient (Wildman–Crippen LogP) is 1.26. The van der Waals surface area contributed by atoms with Crippen molar-refractivity contribution in [2.24, 2.45) is 5.92 Å². The summed E-state index contributed by atoms with van der Waals surface area (Å²) in [4.78, 5) is 30.0. The summed E-state index contributed by atoms with van der Waals surface area (Å²) in [5.41, 5.74) is 2.07. The van der Waals surface area contributed by atoms with Gasteiger partial charge in [0, 0.05) is 18.9 Å². The summed E-state index contributed by atoms with van der Waals surface area (Å²) in [6.07, 6.45) is 4.34. The number of carbonyl (C=O) groups excluding carboxylic acids is 2. The van der Waals surface area contributed by atoms with E-state index >= 15 is 0 Å². The highest BCUT2D eigenvalue weighted by molar-refractivity contribution is 5.95. The maximum Gasteiger partial charge on any atom is 0.246 e. The van der Waals surface area contributed by atoms with E-state index in [9.17, 15) is 9.59 Å². The van der Waals surface area contributed by atoms with Crippen molar-refractivity contribution in [3.8, 4) is 0 Å². The summed E-state index contributed by atoms with van der Waals surface area (Å²) in [7, 11) is 0. The van der Waals surface area contributed by atoms with Gasteiger partial charge in [-0.15, -0.1) is 0 Å². The molecule has 2 heterocycles. The van der Waals surface area contributed by atoms with E-state index in [1.165, 1.54) is 0 Å². The Morgan fingerprint density at radius 3 is 2.90 bits per heavy atom. The Morgan fingerprint density at radius 1 is 1.50 bits per heavy atom. The van der Waals surface area contributed by atoms with Gasteiger partial charge in [0.1, 0.15) is 6.04 Å². The Bertz CT molecular complexity index is 516. The Labute approximate surface area is 119 Å². The van der Waals surface area contributed by atoms with Crippen LogP contribution in [0.5, 0.6) is 0 Å². The van der Waals surface area contributed by atoms with Crippen LogP contribution in [0.2, 0.25) is 0 Å². The van der Waals surface area contributed by atoms with E-state index < -0.39 is 6.04 Å². The van der Waals surface area contributed by atoms with Crippen LogP contribution in [-0.2, 0) is 16.1 Å². The fourth-order valence-corrected chi connectivity index (χ4v) is 2.35. The number of nitrogens with one attached hydrogen (secondary N) is 1. The lowest BCUT2D eigenvalue weighted by atomic mass is 9.96. The van der Waals surface area contributed by atoms with Crippen molar-refractivity contribution in [3.63, 3.8) is 0 Å². The normalized spacial score (nSPS) is 20.8. The van der Waals surface area contributed by atoms with Gasteiger partial charge in [0.25, 0.3) is 0 Å². The summed E-state index contributed by atoms with van der Waals surface area (Å²) in [5, 5.41) is 2.80. The molecule has 0 saturated carbocycles. The summed E-state index contributed by atoms with van der Waals surface area (Å²) in [5.74, 6) is 0.0582. The zero-order chi connectivity index (χ0) is 14.7. The standard InChI is InChI=1S/C15H21N3O2/c1-4-10(2)14-15(20)18(9-13(19)17-14)8-12-7-16-6-5-11(12)3/h5-7,10,14H,4,8-9H2,1-3H3,(H,17,19). The molecule has 0 spiro atoms. The van der Waals surface area contributed by atoms with Gasteiger partial charge in [-0.1, -0.05) is 20.3 Å². The molecule has 2 unspecified atom stereocenters. The van der Waals surface area contributed by atoms with Gasteiger partial charge < -0.3 is 10.2 Å². The first-order valence-electron chi connectivity index (χ1n) is 7.00. The monoisotopic (exact) mass is 275 g/mol. The third kappa shape index (κ3) is 2.98. The van der Waals surface area contributed by atoms with Crippen LogP contribution in [0.25, 0.3) is 0 Å². The number of hydrogen-bond donors (Lipinski definition) is 1. The lowest BCUT2D eigenvalue weighted by molar-refractivity contribution is -0.146. The van der Waals surface area contributed by atoms with Gasteiger partial charge in [0.2, 0.25) is 11.8 Å². The molecule has 1 aliphatic rings. The number of hydrogen-bond acceptors (Lipinski definition) is 3. The number of piperazine rings is 1. The maximum atomic E-state index is 12.5. The average molecular weight is 275 g/mol. The third-order valence-electron chi connectivity index (χ3n) is 3.95. The predicted molar refractivity (Wildman–Crippen MR) is 75.8 cm³/mol. The van der Waals surface area contributed by atoms with Gasteiger partial charge >= 0.3 is 0 Å². The van der Waals surface area contributed by atoms with Crippen molar-refractivity contribution < 1.29 is 9.59 Å². The van der Waals surface area contributed by atoms with Gasteiger partial charge in [0.05, 0.1) is 6.54 Å². The first-order valence-corrected chi connectivity index (χ1v) is 7.00. The van der Waals surface area contributed by atoms with Crippen molar-refractivity contribution in [1.29, 1.82) is 0 Å². The molecule has 0 aliphatic carbocycles. The Morgan fingerprint density at radius 2 is 2.25 bits per heavy atom. The molecule has 5 heteroatoms. The van der Waals surface area contributed by atoms with E-state index in [0.29, 0.717) is 6.54 Å². The Hall–Kier alpha value is -1.91. The van der Waals surface area contributed by atoms with Crippen LogP contribution in [-0.4, -0.2) is 34.3 Å². The molecule has 1 aromatic rings. The number of pyridine rings is 1. The second kappa shape index (κ2) is 6.03. The largest absolute Gasteiger partial charge is 0.342 e. The molecular weight excluding hydrogens is 254 g/mol. The molecule has 1 fully saturated rings. The zero-order valence-electron chi connectivity index (χ0n) is 12.2. The first-order chi connectivity index (χ1) is 9.52. The molecule has 5 nitrogen and oxygen atoms in total. The molecule has 20 heavy (non-hydrogen) atoms. The lowest BCUT2D eigenvalue weighted by Crippen LogP contribution is -2.59. The van der Waals surface area contributed by atoms with Crippen LogP contribution < -0.4 is 5.32 Å². The number of amides is 2. The number of nitrogens with zero attached hydrogens (tertiary/aromatic N) is 2. The molecule has 2 rings (SSSR count). The van der Waals surface area contributed by atoms with Crippen molar-refractivity contribution in [2.45, 2.75) is 39.8 Å². The van der Waals surface area contributed by atoms with Gasteiger partial charge in [-0.25, -0.2) is 0 Å². The van der Waals surface area contributed by atoms with Gasteiger partial charge in [-0.05, 0) is 30.0 Å². The number of rotatable bonds is 4. The first kappa shape index (κ1) is 14.5. The molecule has 1 aliphatic heterocycles. The van der Waals surface area contributed by atoms with Gasteiger partial charge in [0.15, 0.2) is 0 Å². The van der Waals surface area contributed by atoms with E-state index in [4.69, 9.17) is 0 Å². The molecule has 0 aromatic carbocycles. The summed E-state index contributed by atoms with van der Waals surface area (Å²) in [6.45, 7) is 6.56. The molecule has 0 bridgehead atoms. The van der Waals surface area contributed by atoms with Crippen LogP contribution in [0.1, 0.15) is 31.4 Å². The minimum atomic E-state index is -0.404. The fraction of sp³-hybridized carbons (Fsp3) is 0.533. The second-order valence-electron chi connectivity index (χ2n) is 5.43. The highest BCUT2D eigenvalue weighted by atomic mass is 16.2. The number of aromatic nitrogens is 1. The zero-order valence-corrected chi connectivity index (χ0v) is 12.2. The molecule has 108 valence electrons. The van der Waals surface area contributed by atoms with Gasteiger partial charge in [-0.2, -0.15) is 0 Å². The summed E-state index contributed by atoms with van der Waals surface area (Å²) < 4.78 is 0. The van der Waals surface area contributed by atoms with Crippen LogP contribution >= 0.6 is 0 Å². The highest BCUT2D eigenvalue weighted by Crippen LogP contribution is 2.17. The quantitative estimate of drug-likeness (QED) is 0.900. The molecule has 1 N–H and O–H groups in total. The molecular formula is C15H21N3O2. The summed E-state index contributed by atoms with van der Waals surface area (Å²) in [6, 6.07) is 1.51. The Kier molecular flexibility index (Phi) is 4.37. The van der Waals surface area contributed by atoms with Gasteiger partial charge in [-0.3, -0.25) is 14.6 Å². The van der Waals surface area contributed by atoms with E-state index in [0.717, 1.165) is 17.5 Å². The molecule has 2 atom stereocenters. The smallest absolute Gasteiger partial charge is 0.246 e. The van der Waals surface area contributed by atoms with Crippen molar-refractivity contribution in [1.82, 2.24) is 15.2 Å². The topological polar surface area (TPSA) is 62.3 Å². The fourth-order valence-electron chi connectivity index (χ4n) is 2.35. The molecule has 1 saturated heterocycles. The molecule has 1 aromatic heterocycles. The maximum absolute atomic E-state index is 12.5. The van der Waals surface area contributed by atoms with E-state index in [1.54, 1.807) is 17.3 Å². The Balaban J connectivity index is 2.16. The van der Waals surface area contributed by atoms with Crippen LogP contribution in [0, 0.1) is 12.8 Å². The minimum absolute atomic E-state index is 0.00204. The minimum Gasteiger partial charge on any atom is -0.342 e. The van der Waals surface area contributed by atoms with Crippen LogP contribution in [0.3, 0.4) is 0 Å². The van der Waals surface area contributed by atoms with E-state index in [-0.39, 0.29) is 24.3 Å². The lowest BCUT2D eigenvalue weighted by Gasteiger charge is -2.35. The molecule has 2 amide bonds. The molecule has 0 radical (unpaired) electrons. The SMILES string of the molecule is CCC(C)C1NC(=O)CN(Cc2cnccc2C)C1=O. The van der Waals surface area contributed by atoms with Crippen LogP contribution in [0.15, 0.2) is 18.5 Å². The van der Waals surface area contributed by atoms with Crippen LogP contribution in [0.4, 0.5) is 0 Å². The number of carbonyl (C=O) groups is 2. The van der Waals surface area contributed by atoms with Crippen molar-refractivity contribution >= 4 is 11.8 Å². The third-order valence-corrected chi connectivity index (χ3v) is 3.95. The number of aryl methyl sites for hydroxylation is 1. The van der Waals surface area contributed by atoms with E-state index in [2.05, 4.69) is 10.3 Å². The summed E-state index contributed by atoms with van der Waals surface area (Å²) >= 11 is 0.